The van der Waals surface area contributed by atoms with Gasteiger partial charge < -0.3 is 14.2 Å². The van der Waals surface area contributed by atoms with E-state index in [1.54, 1.807) is 13.8 Å². The maximum atomic E-state index is 13.6. The van der Waals surface area contributed by atoms with Gasteiger partial charge in [0.25, 0.3) is 0 Å². The number of carbonyl (C=O) groups is 3. The lowest BCUT2D eigenvalue weighted by atomic mass is 9.91. The summed E-state index contributed by atoms with van der Waals surface area (Å²) in [5, 5.41) is 0. The van der Waals surface area contributed by atoms with Crippen LogP contribution in [0.15, 0.2) is 0 Å². The topological polar surface area (TPSA) is 68.6 Å². The van der Waals surface area contributed by atoms with Crippen molar-refractivity contribution in [3.05, 3.63) is 22.5 Å². The van der Waals surface area contributed by atoms with Gasteiger partial charge in [0.1, 0.15) is 5.69 Å². The zero-order valence-corrected chi connectivity index (χ0v) is 18.8. The molecule has 6 nitrogen and oxygen atoms in total. The number of Topliss-reactive ketones (excluding diaryl/α,β-unsaturated/α-hetero) is 1. The van der Waals surface area contributed by atoms with Gasteiger partial charge in [-0.3, -0.25) is 9.59 Å². The van der Waals surface area contributed by atoms with Crippen LogP contribution in [0.2, 0.25) is 0 Å². The summed E-state index contributed by atoms with van der Waals surface area (Å²) >= 11 is 0. The Morgan fingerprint density at radius 2 is 1.72 bits per heavy atom. The molecule has 1 fully saturated rings. The fourth-order valence-corrected chi connectivity index (χ4v) is 4.73. The van der Waals surface area contributed by atoms with Crippen molar-refractivity contribution in [1.29, 1.82) is 0 Å². The van der Waals surface area contributed by atoms with Crippen LogP contribution in [0.4, 0.5) is 0 Å². The number of esters is 1. The first-order valence-electron chi connectivity index (χ1n) is 11.0. The molecule has 29 heavy (non-hydrogen) atoms. The molecule has 0 radical (unpaired) electrons. The Hall–Kier alpha value is -2.11. The third-order valence-electron chi connectivity index (χ3n) is 6.15. The number of ketones is 1. The third kappa shape index (κ3) is 4.57. The van der Waals surface area contributed by atoms with E-state index < -0.39 is 12.0 Å². The highest BCUT2D eigenvalue weighted by molar-refractivity contribution is 6.06. The van der Waals surface area contributed by atoms with Crippen molar-refractivity contribution in [2.75, 3.05) is 6.61 Å². The normalized spacial score (nSPS) is 15.8. The molecule has 1 aliphatic rings. The zero-order chi connectivity index (χ0) is 21.7. The maximum Gasteiger partial charge on any atom is 0.355 e. The van der Waals surface area contributed by atoms with Crippen LogP contribution in [0.5, 0.6) is 0 Å². The molecule has 1 aliphatic carbocycles. The summed E-state index contributed by atoms with van der Waals surface area (Å²) < 4.78 is 7.07. The summed E-state index contributed by atoms with van der Waals surface area (Å²) in [4.78, 5) is 40.7. The van der Waals surface area contributed by atoms with E-state index >= 15 is 0 Å². The van der Waals surface area contributed by atoms with Crippen LogP contribution in [0.3, 0.4) is 0 Å². The number of nitrogens with zero attached hydrogens (tertiary/aromatic N) is 2. The van der Waals surface area contributed by atoms with Crippen molar-refractivity contribution in [3.8, 4) is 0 Å². The minimum atomic E-state index is -0.550. The van der Waals surface area contributed by atoms with Gasteiger partial charge in [0.05, 0.1) is 12.6 Å². The number of carbonyl (C=O) groups excluding carboxylic acids is 3. The first-order valence-corrected chi connectivity index (χ1v) is 11.0. The smallest absolute Gasteiger partial charge is 0.355 e. The Morgan fingerprint density at radius 3 is 2.24 bits per heavy atom. The Balaban J connectivity index is 2.45. The van der Waals surface area contributed by atoms with Crippen molar-refractivity contribution in [1.82, 2.24) is 9.47 Å². The quantitative estimate of drug-likeness (QED) is 0.474. The number of aromatic nitrogens is 1. The molecule has 1 aromatic rings. The first kappa shape index (κ1) is 23.2. The van der Waals surface area contributed by atoms with Gasteiger partial charge in [-0.15, -0.1) is 0 Å². The summed E-state index contributed by atoms with van der Waals surface area (Å²) in [6.45, 7) is 11.9. The fourth-order valence-electron chi connectivity index (χ4n) is 4.73. The van der Waals surface area contributed by atoms with Crippen LogP contribution in [0, 0.1) is 13.8 Å². The standard InChI is InChI=1S/C23H36N2O4/c1-7-19(26)25(18-13-11-10-12-14-18)17(6)22(27)20-15(4)21(23(28)29-9-3)24(8-2)16(20)5/h17-18H,7-14H2,1-6H3. The summed E-state index contributed by atoms with van der Waals surface area (Å²) in [5.74, 6) is -0.478. The van der Waals surface area contributed by atoms with Gasteiger partial charge in [-0.25, -0.2) is 4.79 Å². The largest absolute Gasteiger partial charge is 0.461 e. The van der Waals surface area contributed by atoms with Crippen LogP contribution in [-0.2, 0) is 16.1 Å². The predicted octanol–water partition coefficient (Wildman–Crippen LogP) is 4.44. The summed E-state index contributed by atoms with van der Waals surface area (Å²) in [5.41, 5.74) is 2.39. The van der Waals surface area contributed by atoms with E-state index in [0.717, 1.165) is 31.4 Å². The Kier molecular flexibility index (Phi) is 8.05. The third-order valence-corrected chi connectivity index (χ3v) is 6.15. The second-order valence-corrected chi connectivity index (χ2v) is 7.89. The molecule has 6 heteroatoms. The minimum absolute atomic E-state index is 0.0218. The van der Waals surface area contributed by atoms with Gasteiger partial charge in [0.2, 0.25) is 5.91 Å². The van der Waals surface area contributed by atoms with E-state index in [-0.39, 0.29) is 24.3 Å². The van der Waals surface area contributed by atoms with Crippen LogP contribution in [0.1, 0.15) is 98.3 Å². The number of ether oxygens (including phenoxy) is 1. The molecule has 162 valence electrons. The highest BCUT2D eigenvalue weighted by Gasteiger charge is 2.35. The van der Waals surface area contributed by atoms with Crippen molar-refractivity contribution in [2.24, 2.45) is 0 Å². The summed E-state index contributed by atoms with van der Waals surface area (Å²) in [6, 6.07) is -0.431. The molecule has 0 saturated heterocycles. The molecule has 0 bridgehead atoms. The van der Waals surface area contributed by atoms with Crippen molar-refractivity contribution >= 4 is 17.7 Å². The maximum absolute atomic E-state index is 13.6. The second kappa shape index (κ2) is 10.1. The molecule has 1 heterocycles. The zero-order valence-electron chi connectivity index (χ0n) is 18.8. The van der Waals surface area contributed by atoms with Crippen LogP contribution < -0.4 is 0 Å². The molecule has 1 atom stereocenters. The number of hydrogen-bond donors (Lipinski definition) is 0. The van der Waals surface area contributed by atoms with Crippen LogP contribution >= 0.6 is 0 Å². The van der Waals surface area contributed by atoms with E-state index in [1.165, 1.54) is 6.42 Å². The molecule has 0 spiro atoms. The van der Waals surface area contributed by atoms with Crippen LogP contribution in [-0.4, -0.2) is 45.8 Å². The molecule has 1 saturated carbocycles. The van der Waals surface area contributed by atoms with Crippen molar-refractivity contribution < 1.29 is 19.1 Å². The molecular weight excluding hydrogens is 368 g/mol. The molecular formula is C23H36N2O4. The predicted molar refractivity (Wildman–Crippen MR) is 113 cm³/mol. The molecule has 1 amide bonds. The van der Waals surface area contributed by atoms with Gasteiger partial charge in [-0.05, 0) is 53.0 Å². The Bertz CT molecular complexity index is 759. The average Bonchev–Trinajstić information content (AvgIpc) is 2.97. The van der Waals surface area contributed by atoms with Gasteiger partial charge >= 0.3 is 5.97 Å². The Morgan fingerprint density at radius 1 is 1.10 bits per heavy atom. The van der Waals surface area contributed by atoms with Gasteiger partial charge in [-0.2, -0.15) is 0 Å². The SMILES string of the molecule is CCOC(=O)c1c(C)c(C(=O)C(C)N(C(=O)CC)C2CCCCC2)c(C)n1CC. The van der Waals surface area contributed by atoms with Gasteiger partial charge in [-0.1, -0.05) is 26.2 Å². The van der Waals surface area contributed by atoms with E-state index in [2.05, 4.69) is 0 Å². The lowest BCUT2D eigenvalue weighted by Gasteiger charge is -2.38. The Labute approximate surface area is 174 Å². The van der Waals surface area contributed by atoms with E-state index in [9.17, 15) is 14.4 Å². The highest BCUT2D eigenvalue weighted by atomic mass is 16.5. The minimum Gasteiger partial charge on any atom is -0.461 e. The number of amides is 1. The monoisotopic (exact) mass is 404 g/mol. The summed E-state index contributed by atoms with van der Waals surface area (Å²) in [6.07, 6.45) is 5.66. The first-order chi connectivity index (χ1) is 13.8. The summed E-state index contributed by atoms with van der Waals surface area (Å²) in [7, 11) is 0. The molecule has 2 rings (SSSR count). The lowest BCUT2D eigenvalue weighted by Crippen LogP contribution is -2.50. The molecule has 0 aliphatic heterocycles. The van der Waals surface area contributed by atoms with E-state index in [1.807, 2.05) is 37.2 Å². The number of rotatable bonds is 8. The molecule has 1 unspecified atom stereocenters. The van der Waals surface area contributed by atoms with E-state index in [4.69, 9.17) is 4.74 Å². The van der Waals surface area contributed by atoms with Crippen LogP contribution in [0.25, 0.3) is 0 Å². The number of hydrogen-bond acceptors (Lipinski definition) is 4. The second-order valence-electron chi connectivity index (χ2n) is 7.89. The molecule has 1 aromatic heterocycles. The lowest BCUT2D eigenvalue weighted by molar-refractivity contribution is -0.135. The highest BCUT2D eigenvalue weighted by Crippen LogP contribution is 2.29. The van der Waals surface area contributed by atoms with Crippen molar-refractivity contribution in [3.63, 3.8) is 0 Å². The fraction of sp³-hybridized carbons (Fsp3) is 0.696. The molecule has 0 aromatic carbocycles. The van der Waals surface area contributed by atoms with Crippen molar-refractivity contribution in [2.45, 2.75) is 98.7 Å². The van der Waals surface area contributed by atoms with Gasteiger partial charge in [0, 0.05) is 30.3 Å². The average molecular weight is 405 g/mol. The van der Waals surface area contributed by atoms with E-state index in [0.29, 0.717) is 29.8 Å². The van der Waals surface area contributed by atoms with Gasteiger partial charge in [0.15, 0.2) is 5.78 Å². The molecule has 0 N–H and O–H groups in total.